The minimum absolute atomic E-state index is 0.202. The van der Waals surface area contributed by atoms with Gasteiger partial charge in [-0.3, -0.25) is 0 Å². The van der Waals surface area contributed by atoms with Crippen molar-refractivity contribution in [2.75, 3.05) is 0 Å². The molecular formula is C13H15NO2. The lowest BCUT2D eigenvalue weighted by molar-refractivity contribution is -0.145. The van der Waals surface area contributed by atoms with Gasteiger partial charge in [-0.15, -0.1) is 0 Å². The Balaban J connectivity index is 2.27. The fourth-order valence-corrected chi connectivity index (χ4v) is 1.99. The summed E-state index contributed by atoms with van der Waals surface area (Å²) < 4.78 is 0. The van der Waals surface area contributed by atoms with Crippen LogP contribution in [0.1, 0.15) is 31.7 Å². The third kappa shape index (κ3) is 2.30. The van der Waals surface area contributed by atoms with Gasteiger partial charge < -0.3 is 4.84 Å². The van der Waals surface area contributed by atoms with Crippen LogP contribution in [0.2, 0.25) is 0 Å². The van der Waals surface area contributed by atoms with E-state index in [1.165, 1.54) is 0 Å². The minimum atomic E-state index is -0.224. The molecule has 0 bridgehead atoms. The maximum Gasteiger partial charge on any atom is 0.335 e. The van der Waals surface area contributed by atoms with Gasteiger partial charge in [0.15, 0.2) is 0 Å². The largest absolute Gasteiger partial charge is 0.335 e. The summed E-state index contributed by atoms with van der Waals surface area (Å²) in [5, 5.41) is 3.95. The van der Waals surface area contributed by atoms with Gasteiger partial charge in [-0.05, 0) is 12.0 Å². The molecule has 1 aliphatic heterocycles. The fraction of sp³-hybridized carbons (Fsp3) is 0.385. The van der Waals surface area contributed by atoms with E-state index in [1.807, 2.05) is 30.3 Å². The summed E-state index contributed by atoms with van der Waals surface area (Å²) in [6.45, 7) is 2.11. The lowest BCUT2D eigenvalue weighted by atomic mass is 9.89. The van der Waals surface area contributed by atoms with E-state index >= 15 is 0 Å². The lowest BCUT2D eigenvalue weighted by Crippen LogP contribution is -2.25. The first kappa shape index (κ1) is 10.9. The number of rotatable bonds is 3. The average Bonchev–Trinajstić information content (AvgIpc) is 2.31. The predicted molar refractivity (Wildman–Crippen MR) is 62.1 cm³/mol. The van der Waals surface area contributed by atoms with Crippen molar-refractivity contribution >= 4 is 11.7 Å². The van der Waals surface area contributed by atoms with Crippen molar-refractivity contribution in [3.8, 4) is 0 Å². The van der Waals surface area contributed by atoms with Crippen LogP contribution in [0.4, 0.5) is 0 Å². The van der Waals surface area contributed by atoms with Gasteiger partial charge in [0.1, 0.15) is 0 Å². The molecule has 3 heteroatoms. The Morgan fingerprint density at radius 1 is 1.38 bits per heavy atom. The van der Waals surface area contributed by atoms with Gasteiger partial charge >= 0.3 is 5.97 Å². The molecule has 16 heavy (non-hydrogen) atoms. The van der Waals surface area contributed by atoms with Gasteiger partial charge in [-0.2, -0.15) is 0 Å². The fourth-order valence-electron chi connectivity index (χ4n) is 1.99. The maximum atomic E-state index is 11.2. The average molecular weight is 217 g/mol. The van der Waals surface area contributed by atoms with Crippen LogP contribution in [-0.4, -0.2) is 11.7 Å². The second-order valence-electron chi connectivity index (χ2n) is 4.00. The Labute approximate surface area is 95.1 Å². The summed E-state index contributed by atoms with van der Waals surface area (Å²) in [5.41, 5.74) is 1.95. The highest BCUT2D eigenvalue weighted by Crippen LogP contribution is 2.23. The Morgan fingerprint density at radius 3 is 2.81 bits per heavy atom. The highest BCUT2D eigenvalue weighted by Gasteiger charge is 2.26. The van der Waals surface area contributed by atoms with Crippen LogP contribution in [0, 0.1) is 5.92 Å². The standard InChI is InChI=1S/C13H15NO2/c1-2-6-11-9-12(15)16-14-13(11)10-7-4-3-5-8-10/h3-5,7-8,11H,2,6,9H2,1H3/t11-/m1/s1. The smallest absolute Gasteiger partial charge is 0.318 e. The summed E-state index contributed by atoms with van der Waals surface area (Å²) in [6.07, 6.45) is 2.47. The molecule has 0 unspecified atom stereocenters. The highest BCUT2D eigenvalue weighted by atomic mass is 16.7. The molecule has 0 radical (unpaired) electrons. The zero-order valence-corrected chi connectivity index (χ0v) is 9.35. The number of oxime groups is 1. The van der Waals surface area contributed by atoms with Crippen LogP contribution in [0.25, 0.3) is 0 Å². The first-order chi connectivity index (χ1) is 7.81. The monoisotopic (exact) mass is 217 g/mol. The lowest BCUT2D eigenvalue weighted by Gasteiger charge is -2.20. The van der Waals surface area contributed by atoms with Crippen molar-refractivity contribution in [2.24, 2.45) is 11.1 Å². The molecule has 0 spiro atoms. The third-order valence-electron chi connectivity index (χ3n) is 2.75. The van der Waals surface area contributed by atoms with Gasteiger partial charge in [0.05, 0.1) is 12.1 Å². The zero-order chi connectivity index (χ0) is 11.4. The summed E-state index contributed by atoms with van der Waals surface area (Å²) in [4.78, 5) is 16.0. The summed E-state index contributed by atoms with van der Waals surface area (Å²) >= 11 is 0. The number of benzene rings is 1. The first-order valence-electron chi connectivity index (χ1n) is 5.64. The number of carbonyl (C=O) groups excluding carboxylic acids is 1. The van der Waals surface area contributed by atoms with E-state index in [2.05, 4.69) is 12.1 Å². The Bertz CT molecular complexity index is 398. The summed E-state index contributed by atoms with van der Waals surface area (Å²) in [5.74, 6) is -0.0215. The summed E-state index contributed by atoms with van der Waals surface area (Å²) in [7, 11) is 0. The molecule has 1 aromatic rings. The molecule has 0 saturated heterocycles. The van der Waals surface area contributed by atoms with Crippen LogP contribution in [-0.2, 0) is 9.63 Å². The maximum absolute atomic E-state index is 11.2. The van der Waals surface area contributed by atoms with Crippen LogP contribution in [0.15, 0.2) is 35.5 Å². The molecule has 2 rings (SSSR count). The number of nitrogens with zero attached hydrogens (tertiary/aromatic N) is 1. The predicted octanol–water partition coefficient (Wildman–Crippen LogP) is 2.75. The molecule has 84 valence electrons. The first-order valence-corrected chi connectivity index (χ1v) is 5.64. The molecule has 1 atom stereocenters. The Hall–Kier alpha value is -1.64. The highest BCUT2D eigenvalue weighted by molar-refractivity contribution is 6.04. The molecule has 0 aliphatic carbocycles. The summed E-state index contributed by atoms with van der Waals surface area (Å²) in [6, 6.07) is 9.91. The van der Waals surface area contributed by atoms with Crippen molar-refractivity contribution in [1.29, 1.82) is 0 Å². The van der Waals surface area contributed by atoms with Crippen LogP contribution < -0.4 is 0 Å². The number of carbonyl (C=O) groups is 1. The molecule has 1 heterocycles. The third-order valence-corrected chi connectivity index (χ3v) is 2.75. The van der Waals surface area contributed by atoms with Crippen molar-refractivity contribution in [2.45, 2.75) is 26.2 Å². The van der Waals surface area contributed by atoms with E-state index in [9.17, 15) is 4.79 Å². The van der Waals surface area contributed by atoms with E-state index in [4.69, 9.17) is 4.84 Å². The van der Waals surface area contributed by atoms with E-state index in [-0.39, 0.29) is 11.9 Å². The van der Waals surface area contributed by atoms with Gasteiger partial charge in [0.25, 0.3) is 0 Å². The quantitative estimate of drug-likeness (QED) is 0.730. The number of hydrogen-bond donors (Lipinski definition) is 0. The van der Waals surface area contributed by atoms with E-state index in [0.717, 1.165) is 24.1 Å². The van der Waals surface area contributed by atoms with Crippen molar-refractivity contribution in [3.05, 3.63) is 35.9 Å². The van der Waals surface area contributed by atoms with Crippen molar-refractivity contribution < 1.29 is 9.63 Å². The Kier molecular flexibility index (Phi) is 3.34. The molecular weight excluding hydrogens is 202 g/mol. The van der Waals surface area contributed by atoms with Crippen molar-refractivity contribution in [3.63, 3.8) is 0 Å². The van der Waals surface area contributed by atoms with Gasteiger partial charge in [0, 0.05) is 5.92 Å². The van der Waals surface area contributed by atoms with Gasteiger partial charge in [-0.1, -0.05) is 48.8 Å². The van der Waals surface area contributed by atoms with Gasteiger partial charge in [0.2, 0.25) is 0 Å². The number of hydrogen-bond acceptors (Lipinski definition) is 3. The van der Waals surface area contributed by atoms with E-state index < -0.39 is 0 Å². The molecule has 3 nitrogen and oxygen atoms in total. The van der Waals surface area contributed by atoms with Crippen molar-refractivity contribution in [1.82, 2.24) is 0 Å². The van der Waals surface area contributed by atoms with Gasteiger partial charge in [-0.25, -0.2) is 4.79 Å². The van der Waals surface area contributed by atoms with Crippen LogP contribution in [0.3, 0.4) is 0 Å². The molecule has 0 aromatic heterocycles. The Morgan fingerprint density at radius 2 is 2.12 bits per heavy atom. The molecule has 0 amide bonds. The molecule has 0 saturated carbocycles. The topological polar surface area (TPSA) is 38.7 Å². The van der Waals surface area contributed by atoms with Crippen LogP contribution in [0.5, 0.6) is 0 Å². The second kappa shape index (κ2) is 4.92. The minimum Gasteiger partial charge on any atom is -0.318 e. The van der Waals surface area contributed by atoms with E-state index in [0.29, 0.717) is 6.42 Å². The SMILES string of the molecule is CCC[C@@H]1CC(=O)ON=C1c1ccccc1. The zero-order valence-electron chi connectivity index (χ0n) is 9.35. The molecule has 1 aliphatic rings. The molecule has 0 fully saturated rings. The van der Waals surface area contributed by atoms with E-state index in [1.54, 1.807) is 0 Å². The second-order valence-corrected chi connectivity index (χ2v) is 4.00. The normalized spacial score (nSPS) is 20.2. The van der Waals surface area contributed by atoms with Crippen LogP contribution >= 0.6 is 0 Å². The molecule has 0 N–H and O–H groups in total. The molecule has 1 aromatic carbocycles.